The summed E-state index contributed by atoms with van der Waals surface area (Å²) in [6, 6.07) is 10.2. The van der Waals surface area contributed by atoms with E-state index >= 15 is 0 Å². The highest BCUT2D eigenvalue weighted by Gasteiger charge is 2.35. The lowest BCUT2D eigenvalue weighted by Gasteiger charge is -2.29. The Morgan fingerprint density at radius 2 is 1.85 bits per heavy atom. The highest BCUT2D eigenvalue weighted by molar-refractivity contribution is 7.07. The number of thiazole rings is 1. The van der Waals surface area contributed by atoms with Gasteiger partial charge in [0.05, 0.1) is 41.7 Å². The second kappa shape index (κ2) is 12.1. The van der Waals surface area contributed by atoms with Crippen molar-refractivity contribution in [2.45, 2.75) is 33.7 Å². The second-order valence-corrected chi connectivity index (χ2v) is 10.2. The Bertz CT molecular complexity index is 1600. The summed E-state index contributed by atoms with van der Waals surface area (Å²) >= 11 is 7.71. The molecule has 10 heteroatoms. The lowest BCUT2D eigenvalue weighted by atomic mass is 9.94. The van der Waals surface area contributed by atoms with Crippen LogP contribution in [0.3, 0.4) is 0 Å². The third kappa shape index (κ3) is 5.33. The van der Waals surface area contributed by atoms with Gasteiger partial charge in [0.25, 0.3) is 11.5 Å². The Morgan fingerprint density at radius 3 is 2.49 bits per heavy atom. The number of benzene rings is 2. The van der Waals surface area contributed by atoms with Gasteiger partial charge in [0.1, 0.15) is 11.8 Å². The van der Waals surface area contributed by atoms with Gasteiger partial charge in [0, 0.05) is 18.7 Å². The molecule has 39 heavy (non-hydrogen) atoms. The van der Waals surface area contributed by atoms with Gasteiger partial charge in [-0.25, -0.2) is 4.99 Å². The number of hydrogen-bond donors (Lipinski definition) is 0. The summed E-state index contributed by atoms with van der Waals surface area (Å²) in [7, 11) is 3.10. The molecule has 0 spiro atoms. The number of methoxy groups -OCH3 is 2. The predicted octanol–water partition coefficient (Wildman–Crippen LogP) is 4.17. The lowest BCUT2D eigenvalue weighted by molar-refractivity contribution is -0.127. The maximum atomic E-state index is 14.0. The molecule has 1 aliphatic rings. The van der Waals surface area contributed by atoms with E-state index in [2.05, 4.69) is 0 Å². The number of hydrogen-bond acceptors (Lipinski definition) is 7. The van der Waals surface area contributed by atoms with Crippen molar-refractivity contribution in [2.75, 3.05) is 33.9 Å². The minimum Gasteiger partial charge on any atom is -0.496 e. The monoisotopic (exact) mass is 569 g/mol. The summed E-state index contributed by atoms with van der Waals surface area (Å²) in [6.07, 6.45) is 1.75. The van der Waals surface area contributed by atoms with E-state index in [4.69, 9.17) is 30.8 Å². The topological polar surface area (TPSA) is 82.4 Å². The van der Waals surface area contributed by atoms with Gasteiger partial charge in [-0.05, 0) is 57.5 Å². The van der Waals surface area contributed by atoms with Crippen molar-refractivity contribution < 1.29 is 19.0 Å². The molecule has 0 radical (unpaired) electrons. The highest BCUT2D eigenvalue weighted by atomic mass is 35.5. The van der Waals surface area contributed by atoms with Crippen LogP contribution in [0.5, 0.6) is 17.2 Å². The average Bonchev–Trinajstić information content (AvgIpc) is 3.22. The summed E-state index contributed by atoms with van der Waals surface area (Å²) in [5.41, 5.74) is 2.15. The first-order chi connectivity index (χ1) is 18.8. The van der Waals surface area contributed by atoms with Crippen molar-refractivity contribution >= 4 is 34.9 Å². The zero-order chi connectivity index (χ0) is 28.3. The number of carbonyl (C=O) groups is 1. The number of fused-ring (bicyclic) bond motifs is 1. The number of ether oxygens (including phenoxy) is 3. The van der Waals surface area contributed by atoms with Crippen LogP contribution in [0.4, 0.5) is 0 Å². The van der Waals surface area contributed by atoms with Crippen molar-refractivity contribution in [3.05, 3.63) is 83.5 Å². The number of rotatable bonds is 9. The summed E-state index contributed by atoms with van der Waals surface area (Å²) in [5, 5.41) is 0.373. The van der Waals surface area contributed by atoms with Crippen molar-refractivity contribution in [3.63, 3.8) is 0 Å². The SMILES string of the molecule is CCOc1cc(C=c2sc3n(c2=O)C(c2ccccc2OC)C(C(=O)N(CC)CC)=C(C)N=3)cc(Cl)c1OC. The van der Waals surface area contributed by atoms with E-state index in [-0.39, 0.29) is 11.5 Å². The Balaban J connectivity index is 1.98. The Morgan fingerprint density at radius 1 is 1.13 bits per heavy atom. The molecule has 206 valence electrons. The summed E-state index contributed by atoms with van der Waals surface area (Å²) in [5.74, 6) is 1.35. The molecule has 1 amide bonds. The molecule has 8 nitrogen and oxygen atoms in total. The summed E-state index contributed by atoms with van der Waals surface area (Å²) < 4.78 is 18.8. The first kappa shape index (κ1) is 28.4. The van der Waals surface area contributed by atoms with Crippen molar-refractivity contribution in [3.8, 4) is 17.2 Å². The molecule has 0 aliphatic carbocycles. The average molecular weight is 570 g/mol. The normalized spacial score (nSPS) is 15.1. The Kier molecular flexibility index (Phi) is 8.82. The number of carbonyl (C=O) groups excluding carboxylic acids is 1. The van der Waals surface area contributed by atoms with Gasteiger partial charge in [-0.2, -0.15) is 0 Å². The van der Waals surface area contributed by atoms with Gasteiger partial charge >= 0.3 is 0 Å². The minimum absolute atomic E-state index is 0.158. The fourth-order valence-corrected chi connectivity index (χ4v) is 6.09. The van der Waals surface area contributed by atoms with Crippen LogP contribution in [0, 0.1) is 0 Å². The van der Waals surface area contributed by atoms with E-state index in [1.165, 1.54) is 18.4 Å². The molecule has 3 aromatic rings. The number of para-hydroxylation sites is 1. The van der Waals surface area contributed by atoms with Gasteiger partial charge < -0.3 is 19.1 Å². The quantitative estimate of drug-likeness (QED) is 0.386. The molecule has 2 heterocycles. The Labute approximate surface area is 236 Å². The molecule has 4 rings (SSSR count). The molecular formula is C29H32ClN3O5S. The van der Waals surface area contributed by atoms with Crippen molar-refractivity contribution in [1.29, 1.82) is 0 Å². The third-order valence-corrected chi connectivity index (χ3v) is 7.83. The molecule has 0 saturated carbocycles. The van der Waals surface area contributed by atoms with Crippen molar-refractivity contribution in [2.24, 2.45) is 4.99 Å². The van der Waals surface area contributed by atoms with Gasteiger partial charge in [-0.1, -0.05) is 41.1 Å². The molecule has 1 unspecified atom stereocenters. The van der Waals surface area contributed by atoms with Crippen LogP contribution >= 0.6 is 22.9 Å². The van der Waals surface area contributed by atoms with Gasteiger partial charge in [0.15, 0.2) is 16.3 Å². The number of amides is 1. The zero-order valence-corrected chi connectivity index (χ0v) is 24.5. The molecule has 2 aromatic carbocycles. The standard InChI is InChI=1S/C29H32ClN3O5S/c1-7-32(8-2)28(35)24-17(4)31-29-33(25(24)19-12-10-11-13-21(19)36-5)27(34)23(39-29)16-18-14-20(30)26(37-6)22(15-18)38-9-3/h10-16,25H,7-9H2,1-6H3. The number of nitrogens with zero attached hydrogens (tertiary/aromatic N) is 3. The van der Waals surface area contributed by atoms with E-state index < -0.39 is 6.04 Å². The van der Waals surface area contributed by atoms with Crippen LogP contribution in [0.25, 0.3) is 6.08 Å². The number of halogens is 1. The maximum Gasteiger partial charge on any atom is 0.271 e. The molecule has 0 bridgehead atoms. The van der Waals surface area contributed by atoms with E-state index in [9.17, 15) is 9.59 Å². The molecule has 0 N–H and O–H groups in total. The largest absolute Gasteiger partial charge is 0.496 e. The van der Waals surface area contributed by atoms with Gasteiger partial charge in [-0.3, -0.25) is 14.2 Å². The van der Waals surface area contributed by atoms with E-state index in [0.29, 0.717) is 73.7 Å². The minimum atomic E-state index is -0.703. The molecular weight excluding hydrogens is 538 g/mol. The second-order valence-electron chi connectivity index (χ2n) is 8.77. The third-order valence-electron chi connectivity index (χ3n) is 6.57. The first-order valence-electron chi connectivity index (χ1n) is 12.7. The molecule has 1 aromatic heterocycles. The predicted molar refractivity (Wildman–Crippen MR) is 154 cm³/mol. The van der Waals surface area contributed by atoms with Gasteiger partial charge in [0.2, 0.25) is 0 Å². The lowest BCUT2D eigenvalue weighted by Crippen LogP contribution is -2.43. The van der Waals surface area contributed by atoms with Crippen LogP contribution < -0.4 is 29.1 Å². The molecule has 0 saturated heterocycles. The van der Waals surface area contributed by atoms with Crippen LogP contribution in [0.1, 0.15) is 44.9 Å². The molecule has 0 fully saturated rings. The Hall–Kier alpha value is -3.56. The molecule has 1 aliphatic heterocycles. The van der Waals surface area contributed by atoms with Crippen LogP contribution in [0.2, 0.25) is 5.02 Å². The zero-order valence-electron chi connectivity index (χ0n) is 22.9. The maximum absolute atomic E-state index is 14.0. The van der Waals surface area contributed by atoms with E-state index in [1.54, 1.807) is 34.8 Å². The number of allylic oxidation sites excluding steroid dienone is 1. The summed E-state index contributed by atoms with van der Waals surface area (Å²) in [6.45, 7) is 9.05. The van der Waals surface area contributed by atoms with Crippen molar-refractivity contribution in [1.82, 2.24) is 9.47 Å². The van der Waals surface area contributed by atoms with Crippen LogP contribution in [-0.2, 0) is 4.79 Å². The van der Waals surface area contributed by atoms with Gasteiger partial charge in [-0.15, -0.1) is 0 Å². The summed E-state index contributed by atoms with van der Waals surface area (Å²) in [4.78, 5) is 34.8. The fraction of sp³-hybridized carbons (Fsp3) is 0.345. The molecule has 1 atom stereocenters. The van der Waals surface area contributed by atoms with E-state index in [1.807, 2.05) is 52.0 Å². The smallest absolute Gasteiger partial charge is 0.271 e. The highest BCUT2D eigenvalue weighted by Crippen LogP contribution is 2.37. The first-order valence-corrected chi connectivity index (χ1v) is 13.9. The fourth-order valence-electron chi connectivity index (χ4n) is 4.75. The number of likely N-dealkylation sites (N-methyl/N-ethyl adjacent to an activating group) is 1. The number of aromatic nitrogens is 1. The van der Waals surface area contributed by atoms with Crippen LogP contribution in [-0.4, -0.2) is 49.3 Å². The van der Waals surface area contributed by atoms with Crippen LogP contribution in [0.15, 0.2) is 57.5 Å². The van der Waals surface area contributed by atoms with E-state index in [0.717, 1.165) is 0 Å².